The average molecular weight is 278 g/mol. The summed E-state index contributed by atoms with van der Waals surface area (Å²) in [6, 6.07) is 13.9. The van der Waals surface area contributed by atoms with E-state index in [9.17, 15) is 13.2 Å². The molecule has 0 unspecified atom stereocenters. The molecule has 2 aromatic rings. The number of alkyl halides is 3. The Labute approximate surface area is 115 Å². The molecule has 20 heavy (non-hydrogen) atoms. The van der Waals surface area contributed by atoms with Crippen molar-refractivity contribution in [2.75, 3.05) is 0 Å². The van der Waals surface area contributed by atoms with Crippen LogP contribution in [0.1, 0.15) is 24.3 Å². The van der Waals surface area contributed by atoms with Gasteiger partial charge < -0.3 is 4.74 Å². The lowest BCUT2D eigenvalue weighted by Crippen LogP contribution is -2.17. The molecule has 1 aliphatic carbocycles. The predicted octanol–water partition coefficient (Wildman–Crippen LogP) is 5.13. The fraction of sp³-hybridized carbons (Fsp3) is 0.250. The first-order valence-corrected chi connectivity index (χ1v) is 6.48. The van der Waals surface area contributed by atoms with Crippen LogP contribution in [0.3, 0.4) is 0 Å². The Morgan fingerprint density at radius 1 is 0.900 bits per heavy atom. The molecular formula is C16H13F3O. The van der Waals surface area contributed by atoms with E-state index in [2.05, 4.69) is 4.74 Å². The van der Waals surface area contributed by atoms with Crippen LogP contribution in [0.5, 0.6) is 5.75 Å². The third kappa shape index (κ3) is 2.95. The van der Waals surface area contributed by atoms with E-state index >= 15 is 0 Å². The van der Waals surface area contributed by atoms with Crippen molar-refractivity contribution in [3.63, 3.8) is 0 Å². The Morgan fingerprint density at radius 3 is 2.15 bits per heavy atom. The predicted molar refractivity (Wildman–Crippen MR) is 70.5 cm³/mol. The van der Waals surface area contributed by atoms with Crippen LogP contribution in [0.25, 0.3) is 11.1 Å². The van der Waals surface area contributed by atoms with E-state index < -0.39 is 6.36 Å². The highest BCUT2D eigenvalue weighted by Gasteiger charge is 2.32. The first-order valence-electron chi connectivity index (χ1n) is 6.48. The van der Waals surface area contributed by atoms with Crippen molar-refractivity contribution in [2.24, 2.45) is 0 Å². The van der Waals surface area contributed by atoms with E-state index in [0.717, 1.165) is 5.56 Å². The van der Waals surface area contributed by atoms with Crippen molar-refractivity contribution >= 4 is 0 Å². The van der Waals surface area contributed by atoms with Crippen molar-refractivity contribution in [3.8, 4) is 16.9 Å². The SMILES string of the molecule is FC(F)(F)Oc1ccccc1-c1ccc(C2CC2)cc1. The van der Waals surface area contributed by atoms with Gasteiger partial charge in [-0.05, 0) is 36.0 Å². The zero-order valence-electron chi connectivity index (χ0n) is 10.7. The third-order valence-corrected chi connectivity index (χ3v) is 3.38. The summed E-state index contributed by atoms with van der Waals surface area (Å²) in [7, 11) is 0. The normalized spacial score (nSPS) is 15.2. The standard InChI is InChI=1S/C16H13F3O/c17-16(18,19)20-15-4-2-1-3-14(15)13-9-7-12(8-10-13)11-5-6-11/h1-4,7-11H,5-6H2. The highest BCUT2D eigenvalue weighted by molar-refractivity contribution is 5.70. The van der Waals surface area contributed by atoms with Crippen LogP contribution >= 0.6 is 0 Å². The van der Waals surface area contributed by atoms with Crippen LogP contribution in [0.4, 0.5) is 13.2 Å². The maximum Gasteiger partial charge on any atom is 0.573 e. The summed E-state index contributed by atoms with van der Waals surface area (Å²) in [6.45, 7) is 0. The second kappa shape index (κ2) is 4.85. The molecule has 1 fully saturated rings. The van der Waals surface area contributed by atoms with Gasteiger partial charge in [-0.15, -0.1) is 13.2 Å². The summed E-state index contributed by atoms with van der Waals surface area (Å²) in [5.74, 6) is 0.463. The molecule has 0 N–H and O–H groups in total. The van der Waals surface area contributed by atoms with Gasteiger partial charge in [0.15, 0.2) is 0 Å². The summed E-state index contributed by atoms with van der Waals surface area (Å²) in [5, 5.41) is 0. The van der Waals surface area contributed by atoms with Gasteiger partial charge in [-0.3, -0.25) is 0 Å². The molecule has 104 valence electrons. The molecule has 0 amide bonds. The van der Waals surface area contributed by atoms with Crippen molar-refractivity contribution in [2.45, 2.75) is 25.1 Å². The van der Waals surface area contributed by atoms with E-state index in [1.807, 2.05) is 24.3 Å². The first-order chi connectivity index (χ1) is 9.53. The molecular weight excluding hydrogens is 265 g/mol. The van der Waals surface area contributed by atoms with Crippen LogP contribution in [0, 0.1) is 0 Å². The van der Waals surface area contributed by atoms with Gasteiger partial charge in [0.2, 0.25) is 0 Å². The zero-order chi connectivity index (χ0) is 14.2. The molecule has 2 aromatic carbocycles. The highest BCUT2D eigenvalue weighted by Crippen LogP contribution is 2.41. The fourth-order valence-electron chi connectivity index (χ4n) is 2.27. The maximum atomic E-state index is 12.4. The number of halogens is 3. The number of rotatable bonds is 3. The van der Waals surface area contributed by atoms with Crippen LogP contribution < -0.4 is 4.74 Å². The van der Waals surface area contributed by atoms with Crippen molar-refractivity contribution in [1.29, 1.82) is 0 Å². The minimum Gasteiger partial charge on any atom is -0.405 e. The fourth-order valence-corrected chi connectivity index (χ4v) is 2.27. The molecule has 1 nitrogen and oxygen atoms in total. The van der Waals surface area contributed by atoms with Gasteiger partial charge in [-0.2, -0.15) is 0 Å². The third-order valence-electron chi connectivity index (χ3n) is 3.38. The molecule has 0 atom stereocenters. The average Bonchev–Trinajstić information content (AvgIpc) is 3.22. The molecule has 1 saturated carbocycles. The van der Waals surface area contributed by atoms with Crippen molar-refractivity contribution in [3.05, 3.63) is 54.1 Å². The van der Waals surface area contributed by atoms with E-state index in [0.29, 0.717) is 11.5 Å². The van der Waals surface area contributed by atoms with E-state index in [1.165, 1.54) is 30.5 Å². The highest BCUT2D eigenvalue weighted by atomic mass is 19.4. The molecule has 0 radical (unpaired) electrons. The molecule has 0 aliphatic heterocycles. The van der Waals surface area contributed by atoms with Gasteiger partial charge in [0.05, 0.1) is 0 Å². The Balaban J connectivity index is 1.92. The van der Waals surface area contributed by atoms with E-state index in [4.69, 9.17) is 0 Å². The second-order valence-corrected chi connectivity index (χ2v) is 4.94. The minimum absolute atomic E-state index is 0.167. The van der Waals surface area contributed by atoms with Crippen LogP contribution in [0.15, 0.2) is 48.5 Å². The van der Waals surface area contributed by atoms with Gasteiger partial charge in [0.1, 0.15) is 5.75 Å². The smallest absolute Gasteiger partial charge is 0.405 e. The number of ether oxygens (including phenoxy) is 1. The molecule has 4 heteroatoms. The lowest BCUT2D eigenvalue weighted by Gasteiger charge is -2.13. The zero-order valence-corrected chi connectivity index (χ0v) is 10.7. The summed E-state index contributed by atoms with van der Waals surface area (Å²) < 4.78 is 41.3. The number of hydrogen-bond donors (Lipinski definition) is 0. The van der Waals surface area contributed by atoms with Gasteiger partial charge >= 0.3 is 6.36 Å². The van der Waals surface area contributed by atoms with Gasteiger partial charge in [0.25, 0.3) is 0 Å². The lowest BCUT2D eigenvalue weighted by molar-refractivity contribution is -0.274. The Bertz CT molecular complexity index is 598. The Hall–Kier alpha value is -1.97. The van der Waals surface area contributed by atoms with Crippen LogP contribution in [-0.4, -0.2) is 6.36 Å². The van der Waals surface area contributed by atoms with Gasteiger partial charge in [-0.1, -0.05) is 42.5 Å². The molecule has 0 spiro atoms. The monoisotopic (exact) mass is 278 g/mol. The van der Waals surface area contributed by atoms with E-state index in [1.54, 1.807) is 12.1 Å². The summed E-state index contributed by atoms with van der Waals surface area (Å²) in [6.07, 6.45) is -2.27. The topological polar surface area (TPSA) is 9.23 Å². The Kier molecular flexibility index (Phi) is 3.16. The largest absolute Gasteiger partial charge is 0.573 e. The first kappa shape index (κ1) is 13.0. The summed E-state index contributed by atoms with van der Waals surface area (Å²) in [5.41, 5.74) is 2.43. The molecule has 3 rings (SSSR count). The maximum absolute atomic E-state index is 12.4. The molecule has 0 saturated heterocycles. The van der Waals surface area contributed by atoms with Crippen LogP contribution in [0.2, 0.25) is 0 Å². The van der Waals surface area contributed by atoms with E-state index in [-0.39, 0.29) is 5.75 Å². The number of benzene rings is 2. The quantitative estimate of drug-likeness (QED) is 0.756. The number of hydrogen-bond acceptors (Lipinski definition) is 1. The molecule has 0 aromatic heterocycles. The van der Waals surface area contributed by atoms with Crippen molar-refractivity contribution in [1.82, 2.24) is 0 Å². The van der Waals surface area contributed by atoms with Gasteiger partial charge in [-0.25, -0.2) is 0 Å². The summed E-state index contributed by atoms with van der Waals surface area (Å²) >= 11 is 0. The summed E-state index contributed by atoms with van der Waals surface area (Å²) in [4.78, 5) is 0. The number of para-hydroxylation sites is 1. The lowest BCUT2D eigenvalue weighted by atomic mass is 10.0. The molecule has 0 heterocycles. The molecule has 0 bridgehead atoms. The Morgan fingerprint density at radius 2 is 1.55 bits per heavy atom. The molecule has 1 aliphatic rings. The van der Waals surface area contributed by atoms with Crippen molar-refractivity contribution < 1.29 is 17.9 Å². The minimum atomic E-state index is -4.68. The second-order valence-electron chi connectivity index (χ2n) is 4.94. The van der Waals surface area contributed by atoms with Gasteiger partial charge in [0, 0.05) is 5.56 Å². The van der Waals surface area contributed by atoms with Crippen LogP contribution in [-0.2, 0) is 0 Å².